The monoisotopic (exact) mass is 304 g/mol. The number of benzene rings is 3. The van der Waals surface area contributed by atoms with E-state index in [1.807, 2.05) is 6.07 Å². The van der Waals surface area contributed by atoms with Gasteiger partial charge in [-0.05, 0) is 34.7 Å². The Morgan fingerprint density at radius 3 is 1.68 bits per heavy atom. The van der Waals surface area contributed by atoms with E-state index in [0.29, 0.717) is 0 Å². The third-order valence-corrected chi connectivity index (χ3v) is 5.55. The molecule has 0 N–H and O–H groups in total. The second kappa shape index (κ2) is 5.00. The van der Waals surface area contributed by atoms with Crippen molar-refractivity contribution in [1.82, 2.24) is 0 Å². The molecule has 0 radical (unpaired) electrons. The van der Waals surface area contributed by atoms with Gasteiger partial charge in [0.2, 0.25) is 0 Å². The largest absolute Gasteiger partial charge is 0.116 e. The molecule has 0 bridgehead atoms. The lowest BCUT2D eigenvalue weighted by molar-refractivity contribution is 0.562. The molecule has 3 aromatic carbocycles. The standard InChI is InChI=1S/C21H17Cl/c1-21(20(22)15-9-3-2-4-10-15)18-13-7-5-11-16(18)17-12-6-8-14-19(17)21/h2-14,20H,1H3. The molecule has 0 fully saturated rings. The van der Waals surface area contributed by atoms with Crippen LogP contribution in [0, 0.1) is 0 Å². The zero-order valence-corrected chi connectivity index (χ0v) is 13.2. The number of rotatable bonds is 2. The van der Waals surface area contributed by atoms with Crippen molar-refractivity contribution in [2.24, 2.45) is 0 Å². The molecule has 3 aromatic rings. The molecule has 1 unspecified atom stereocenters. The number of hydrogen-bond acceptors (Lipinski definition) is 0. The Balaban J connectivity index is 1.98. The van der Waals surface area contributed by atoms with Gasteiger partial charge in [0.25, 0.3) is 0 Å². The molecule has 1 heteroatoms. The van der Waals surface area contributed by atoms with Crippen LogP contribution in [0.4, 0.5) is 0 Å². The van der Waals surface area contributed by atoms with Gasteiger partial charge in [0.1, 0.15) is 0 Å². The molecule has 0 spiro atoms. The highest BCUT2D eigenvalue weighted by Gasteiger charge is 2.44. The highest BCUT2D eigenvalue weighted by Crippen LogP contribution is 2.56. The lowest BCUT2D eigenvalue weighted by Crippen LogP contribution is -2.26. The molecular formula is C21H17Cl. The average molecular weight is 305 g/mol. The van der Waals surface area contributed by atoms with Crippen LogP contribution in [0.1, 0.15) is 29.0 Å². The third-order valence-electron chi connectivity index (χ3n) is 4.86. The van der Waals surface area contributed by atoms with E-state index in [0.717, 1.165) is 5.56 Å². The van der Waals surface area contributed by atoms with Gasteiger partial charge in [-0.1, -0.05) is 78.9 Å². The molecule has 0 saturated heterocycles. The second-order valence-corrected chi connectivity index (χ2v) is 6.50. The van der Waals surface area contributed by atoms with Gasteiger partial charge in [0.15, 0.2) is 0 Å². The maximum atomic E-state index is 7.01. The SMILES string of the molecule is CC1(C(Cl)c2ccccc2)c2ccccc2-c2ccccc21. The highest BCUT2D eigenvalue weighted by molar-refractivity contribution is 6.22. The molecule has 0 saturated carbocycles. The van der Waals surface area contributed by atoms with Gasteiger partial charge >= 0.3 is 0 Å². The minimum Gasteiger partial charge on any atom is -0.116 e. The van der Waals surface area contributed by atoms with Crippen LogP contribution in [0.3, 0.4) is 0 Å². The van der Waals surface area contributed by atoms with Gasteiger partial charge in [-0.2, -0.15) is 0 Å². The maximum Gasteiger partial charge on any atom is 0.0720 e. The first kappa shape index (κ1) is 13.6. The molecule has 4 rings (SSSR count). The minimum atomic E-state index is -0.212. The predicted octanol–water partition coefficient (Wildman–Crippen LogP) is 5.95. The first-order valence-corrected chi connectivity index (χ1v) is 8.05. The predicted molar refractivity (Wildman–Crippen MR) is 93.4 cm³/mol. The van der Waals surface area contributed by atoms with Crippen molar-refractivity contribution in [3.05, 3.63) is 95.6 Å². The molecular weight excluding hydrogens is 288 g/mol. The minimum absolute atomic E-state index is 0.0986. The number of hydrogen-bond donors (Lipinski definition) is 0. The van der Waals surface area contributed by atoms with Gasteiger partial charge in [-0.3, -0.25) is 0 Å². The van der Waals surface area contributed by atoms with Crippen LogP contribution < -0.4 is 0 Å². The summed E-state index contributed by atoms with van der Waals surface area (Å²) in [6.07, 6.45) is 0. The van der Waals surface area contributed by atoms with E-state index in [-0.39, 0.29) is 10.8 Å². The van der Waals surface area contributed by atoms with E-state index >= 15 is 0 Å². The van der Waals surface area contributed by atoms with Crippen LogP contribution in [0.2, 0.25) is 0 Å². The zero-order valence-electron chi connectivity index (χ0n) is 12.5. The topological polar surface area (TPSA) is 0 Å². The lowest BCUT2D eigenvalue weighted by atomic mass is 9.75. The van der Waals surface area contributed by atoms with Gasteiger partial charge in [0.05, 0.1) is 5.38 Å². The molecule has 0 aliphatic heterocycles. The van der Waals surface area contributed by atoms with Gasteiger partial charge in [0, 0.05) is 5.41 Å². The maximum absolute atomic E-state index is 7.01. The molecule has 0 heterocycles. The van der Waals surface area contributed by atoms with Crippen molar-refractivity contribution in [2.75, 3.05) is 0 Å². The van der Waals surface area contributed by atoms with Crippen molar-refractivity contribution in [1.29, 1.82) is 0 Å². The Kier molecular flexibility index (Phi) is 3.09. The number of halogens is 1. The van der Waals surface area contributed by atoms with Crippen LogP contribution >= 0.6 is 11.6 Å². The van der Waals surface area contributed by atoms with Crippen molar-refractivity contribution >= 4 is 11.6 Å². The van der Waals surface area contributed by atoms with Crippen molar-refractivity contribution in [2.45, 2.75) is 17.7 Å². The molecule has 22 heavy (non-hydrogen) atoms. The summed E-state index contributed by atoms with van der Waals surface area (Å²) >= 11 is 7.01. The summed E-state index contributed by atoms with van der Waals surface area (Å²) in [6.45, 7) is 2.27. The van der Waals surface area contributed by atoms with Gasteiger partial charge in [-0.15, -0.1) is 11.6 Å². The summed E-state index contributed by atoms with van der Waals surface area (Å²) in [7, 11) is 0. The average Bonchev–Trinajstić information content (AvgIpc) is 2.86. The summed E-state index contributed by atoms with van der Waals surface area (Å²) in [5, 5.41) is -0.0986. The fourth-order valence-corrected chi connectivity index (χ4v) is 4.10. The van der Waals surface area contributed by atoms with Gasteiger partial charge < -0.3 is 0 Å². The van der Waals surface area contributed by atoms with Crippen LogP contribution in [0.25, 0.3) is 11.1 Å². The van der Waals surface area contributed by atoms with Crippen LogP contribution in [-0.4, -0.2) is 0 Å². The molecule has 108 valence electrons. The molecule has 1 atom stereocenters. The molecule has 0 nitrogen and oxygen atoms in total. The smallest absolute Gasteiger partial charge is 0.0720 e. The fourth-order valence-electron chi connectivity index (χ4n) is 3.72. The quantitative estimate of drug-likeness (QED) is 0.513. The first-order chi connectivity index (χ1) is 10.7. The lowest BCUT2D eigenvalue weighted by Gasteiger charge is -2.33. The Labute approximate surface area is 136 Å². The summed E-state index contributed by atoms with van der Waals surface area (Å²) in [5.41, 5.74) is 6.21. The van der Waals surface area contributed by atoms with Crippen molar-refractivity contribution < 1.29 is 0 Å². The van der Waals surface area contributed by atoms with E-state index in [4.69, 9.17) is 11.6 Å². The molecule has 0 aromatic heterocycles. The molecule has 1 aliphatic rings. The summed E-state index contributed by atoms with van der Waals surface area (Å²) in [4.78, 5) is 0. The van der Waals surface area contributed by atoms with Crippen molar-refractivity contribution in [3.63, 3.8) is 0 Å². The molecule has 0 amide bonds. The van der Waals surface area contributed by atoms with E-state index in [1.165, 1.54) is 22.3 Å². The van der Waals surface area contributed by atoms with Crippen molar-refractivity contribution in [3.8, 4) is 11.1 Å². The van der Waals surface area contributed by atoms with E-state index in [1.54, 1.807) is 0 Å². The summed E-state index contributed by atoms with van der Waals surface area (Å²) < 4.78 is 0. The Hall–Kier alpha value is -2.05. The zero-order chi connectivity index (χ0) is 15.2. The Bertz CT molecular complexity index is 775. The highest BCUT2D eigenvalue weighted by atomic mass is 35.5. The third kappa shape index (κ3) is 1.77. The first-order valence-electron chi connectivity index (χ1n) is 7.61. The summed E-state index contributed by atoms with van der Waals surface area (Å²) in [5.74, 6) is 0. The van der Waals surface area contributed by atoms with Crippen LogP contribution in [0.5, 0.6) is 0 Å². The van der Waals surface area contributed by atoms with Crippen LogP contribution in [0.15, 0.2) is 78.9 Å². The van der Waals surface area contributed by atoms with E-state index < -0.39 is 0 Å². The fraction of sp³-hybridized carbons (Fsp3) is 0.143. The molecule has 1 aliphatic carbocycles. The Morgan fingerprint density at radius 2 is 1.14 bits per heavy atom. The number of alkyl halides is 1. The summed E-state index contributed by atoms with van der Waals surface area (Å²) in [6, 6.07) is 27.6. The number of fused-ring (bicyclic) bond motifs is 3. The normalized spacial score (nSPS) is 15.9. The van der Waals surface area contributed by atoms with E-state index in [9.17, 15) is 0 Å². The van der Waals surface area contributed by atoms with Crippen LogP contribution in [-0.2, 0) is 5.41 Å². The van der Waals surface area contributed by atoms with Gasteiger partial charge in [-0.25, -0.2) is 0 Å². The Morgan fingerprint density at radius 1 is 0.682 bits per heavy atom. The second-order valence-electron chi connectivity index (χ2n) is 6.07. The van der Waals surface area contributed by atoms with E-state index in [2.05, 4.69) is 79.7 Å².